The molecule has 3 rings (SSSR count). The number of rotatable bonds is 8. The van der Waals surface area contributed by atoms with Crippen molar-refractivity contribution in [2.24, 2.45) is 0 Å². The number of piperidine rings is 1. The first-order valence-corrected chi connectivity index (χ1v) is 11.1. The van der Waals surface area contributed by atoms with E-state index < -0.39 is 0 Å². The molecular formula is C25H37N3O+2. The van der Waals surface area contributed by atoms with Gasteiger partial charge >= 0.3 is 0 Å². The zero-order valence-electron chi connectivity index (χ0n) is 18.2. The Labute approximate surface area is 175 Å². The quantitative estimate of drug-likeness (QED) is 0.617. The Balaban J connectivity index is 1.37. The van der Waals surface area contributed by atoms with E-state index in [1.54, 1.807) is 4.90 Å². The smallest absolute Gasteiger partial charge is 0.275 e. The van der Waals surface area contributed by atoms with Crippen LogP contribution in [0.15, 0.2) is 54.6 Å². The van der Waals surface area contributed by atoms with Crippen LogP contribution < -0.4 is 15.1 Å². The lowest BCUT2D eigenvalue weighted by Crippen LogP contribution is -3.12. The van der Waals surface area contributed by atoms with E-state index >= 15 is 0 Å². The molecule has 4 heteroatoms. The number of nitrogens with one attached hydrogen (secondary N) is 3. The van der Waals surface area contributed by atoms with Gasteiger partial charge < -0.3 is 15.1 Å². The monoisotopic (exact) mass is 395 g/mol. The van der Waals surface area contributed by atoms with E-state index in [1.807, 2.05) is 0 Å². The van der Waals surface area contributed by atoms with Crippen LogP contribution in [0.1, 0.15) is 49.3 Å². The molecule has 1 heterocycles. The van der Waals surface area contributed by atoms with Crippen LogP contribution in [-0.4, -0.2) is 38.6 Å². The van der Waals surface area contributed by atoms with Gasteiger partial charge in [-0.25, -0.2) is 0 Å². The molecule has 1 amide bonds. The van der Waals surface area contributed by atoms with Crippen LogP contribution in [0.3, 0.4) is 0 Å². The maximum atomic E-state index is 12.5. The van der Waals surface area contributed by atoms with Gasteiger partial charge in [-0.05, 0) is 11.5 Å². The van der Waals surface area contributed by atoms with E-state index in [0.717, 1.165) is 39.0 Å². The number of likely N-dealkylation sites (N-methyl/N-ethyl adjacent to an activating group) is 1. The molecule has 156 valence electrons. The van der Waals surface area contributed by atoms with E-state index in [4.69, 9.17) is 0 Å². The average Bonchev–Trinajstić information content (AvgIpc) is 2.70. The van der Waals surface area contributed by atoms with Gasteiger partial charge in [0.05, 0.1) is 20.1 Å². The van der Waals surface area contributed by atoms with Crippen molar-refractivity contribution in [2.75, 3.05) is 26.7 Å². The number of likely N-dealkylation sites (tertiary alicyclic amines) is 1. The summed E-state index contributed by atoms with van der Waals surface area (Å²) < 4.78 is 0. The number of amides is 1. The Morgan fingerprint density at radius 2 is 1.69 bits per heavy atom. The van der Waals surface area contributed by atoms with Gasteiger partial charge in [-0.15, -0.1) is 0 Å². The molecular weight excluding hydrogens is 358 g/mol. The summed E-state index contributed by atoms with van der Waals surface area (Å²) in [5.41, 5.74) is 4.05. The molecule has 0 spiro atoms. The Kier molecular flexibility index (Phi) is 7.84. The Morgan fingerprint density at radius 1 is 1.03 bits per heavy atom. The zero-order chi connectivity index (χ0) is 20.6. The van der Waals surface area contributed by atoms with Crippen LogP contribution in [0.4, 0.5) is 0 Å². The Bertz CT molecular complexity index is 749. The minimum absolute atomic E-state index is 0.179. The highest BCUT2D eigenvalue weighted by molar-refractivity contribution is 5.77. The van der Waals surface area contributed by atoms with Gasteiger partial charge in [0.1, 0.15) is 13.1 Å². The summed E-state index contributed by atoms with van der Waals surface area (Å²) in [6.07, 6.45) is 2.15. The largest absolute Gasteiger partial charge is 0.348 e. The molecule has 1 atom stereocenters. The molecule has 1 saturated heterocycles. The van der Waals surface area contributed by atoms with Crippen molar-refractivity contribution in [3.05, 3.63) is 71.3 Å². The molecule has 1 aliphatic rings. The average molecular weight is 396 g/mol. The minimum atomic E-state index is 0.179. The fourth-order valence-corrected chi connectivity index (χ4v) is 4.22. The molecule has 1 unspecified atom stereocenters. The summed E-state index contributed by atoms with van der Waals surface area (Å²) in [5, 5.41) is 3.27. The third kappa shape index (κ3) is 6.98. The van der Waals surface area contributed by atoms with E-state index in [0.29, 0.717) is 18.5 Å². The van der Waals surface area contributed by atoms with Crippen LogP contribution in [0.25, 0.3) is 0 Å². The molecule has 29 heavy (non-hydrogen) atoms. The highest BCUT2D eigenvalue weighted by Gasteiger charge is 2.24. The fraction of sp³-hybridized carbons (Fsp3) is 0.480. The lowest BCUT2D eigenvalue weighted by molar-refractivity contribution is -0.918. The van der Waals surface area contributed by atoms with Gasteiger partial charge in [0.2, 0.25) is 0 Å². The highest BCUT2D eigenvalue weighted by Crippen LogP contribution is 2.14. The van der Waals surface area contributed by atoms with Crippen molar-refractivity contribution >= 4 is 5.91 Å². The number of hydrogen-bond donors (Lipinski definition) is 3. The number of benzene rings is 2. The molecule has 3 N–H and O–H groups in total. The summed E-state index contributed by atoms with van der Waals surface area (Å²) in [5.74, 6) is 0.735. The van der Waals surface area contributed by atoms with Crippen molar-refractivity contribution in [3.63, 3.8) is 0 Å². The SMILES string of the molecule is CC(C)c1ccc(C[NH+](C)CC(=O)NC2CC[NH+](Cc3ccccc3)CC2)cc1. The minimum Gasteiger partial charge on any atom is -0.348 e. The van der Waals surface area contributed by atoms with E-state index in [2.05, 4.69) is 80.8 Å². The number of hydrogen-bond acceptors (Lipinski definition) is 1. The molecule has 1 fully saturated rings. The summed E-state index contributed by atoms with van der Waals surface area (Å²) >= 11 is 0. The van der Waals surface area contributed by atoms with Crippen LogP contribution in [0, 0.1) is 0 Å². The zero-order valence-corrected chi connectivity index (χ0v) is 18.2. The van der Waals surface area contributed by atoms with Crippen LogP contribution >= 0.6 is 0 Å². The van der Waals surface area contributed by atoms with Crippen molar-refractivity contribution in [3.8, 4) is 0 Å². The van der Waals surface area contributed by atoms with Gasteiger partial charge in [0, 0.05) is 30.0 Å². The highest BCUT2D eigenvalue weighted by atomic mass is 16.2. The molecule has 0 bridgehead atoms. The van der Waals surface area contributed by atoms with Gasteiger partial charge in [0.25, 0.3) is 5.91 Å². The maximum Gasteiger partial charge on any atom is 0.275 e. The first-order valence-electron chi connectivity index (χ1n) is 11.1. The Morgan fingerprint density at radius 3 is 2.31 bits per heavy atom. The van der Waals surface area contributed by atoms with Gasteiger partial charge in [0.15, 0.2) is 6.54 Å². The van der Waals surface area contributed by atoms with E-state index in [1.165, 1.54) is 21.6 Å². The number of carbonyl (C=O) groups excluding carboxylic acids is 1. The van der Waals surface area contributed by atoms with Crippen LogP contribution in [-0.2, 0) is 17.9 Å². The van der Waals surface area contributed by atoms with Gasteiger partial charge in [-0.1, -0.05) is 68.4 Å². The predicted molar refractivity (Wildman–Crippen MR) is 118 cm³/mol. The molecule has 0 aromatic heterocycles. The van der Waals surface area contributed by atoms with Crippen molar-refractivity contribution in [1.29, 1.82) is 0 Å². The predicted octanol–water partition coefficient (Wildman–Crippen LogP) is 1.19. The van der Waals surface area contributed by atoms with E-state index in [9.17, 15) is 4.79 Å². The van der Waals surface area contributed by atoms with Crippen molar-refractivity contribution < 1.29 is 14.6 Å². The molecule has 0 aliphatic carbocycles. The second-order valence-corrected chi connectivity index (χ2v) is 8.96. The van der Waals surface area contributed by atoms with Gasteiger partial charge in [-0.3, -0.25) is 4.79 Å². The standard InChI is InChI=1S/C25H35N3O/c1-20(2)23-11-9-22(10-12-23)17-27(3)19-25(29)26-24-13-15-28(16-14-24)18-21-7-5-4-6-8-21/h4-12,20,24H,13-19H2,1-3H3,(H,26,29)/p+2. The lowest BCUT2D eigenvalue weighted by atomic mass is 10.0. The van der Waals surface area contributed by atoms with Crippen molar-refractivity contribution in [1.82, 2.24) is 5.32 Å². The van der Waals surface area contributed by atoms with Crippen molar-refractivity contribution in [2.45, 2.75) is 51.7 Å². The van der Waals surface area contributed by atoms with Crippen LogP contribution in [0.2, 0.25) is 0 Å². The summed E-state index contributed by atoms with van der Waals surface area (Å²) in [4.78, 5) is 15.3. The third-order valence-electron chi connectivity index (χ3n) is 5.97. The Hall–Kier alpha value is -2.17. The maximum absolute atomic E-state index is 12.5. The molecule has 2 aromatic carbocycles. The summed E-state index contributed by atoms with van der Waals surface area (Å²) in [7, 11) is 2.10. The van der Waals surface area contributed by atoms with Gasteiger partial charge in [-0.2, -0.15) is 0 Å². The number of carbonyl (C=O) groups is 1. The second-order valence-electron chi connectivity index (χ2n) is 8.96. The first-order chi connectivity index (χ1) is 14.0. The summed E-state index contributed by atoms with van der Waals surface area (Å²) in [6, 6.07) is 19.8. The first kappa shape index (κ1) is 21.5. The third-order valence-corrected chi connectivity index (χ3v) is 5.97. The molecule has 4 nitrogen and oxygen atoms in total. The molecule has 0 saturated carbocycles. The lowest BCUT2D eigenvalue weighted by Gasteiger charge is -2.30. The van der Waals surface area contributed by atoms with Crippen LogP contribution in [0.5, 0.6) is 0 Å². The fourth-order valence-electron chi connectivity index (χ4n) is 4.22. The topological polar surface area (TPSA) is 38.0 Å². The molecule has 0 radical (unpaired) electrons. The van der Waals surface area contributed by atoms with E-state index in [-0.39, 0.29) is 5.91 Å². The summed E-state index contributed by atoms with van der Waals surface area (Å²) in [6.45, 7) is 9.18. The molecule has 2 aromatic rings. The normalized spacial score (nSPS) is 20.4. The second kappa shape index (κ2) is 10.6. The number of quaternary nitrogens is 2. The molecule has 1 aliphatic heterocycles.